The fourth-order valence-corrected chi connectivity index (χ4v) is 2.13. The predicted molar refractivity (Wildman–Crippen MR) is 70.0 cm³/mol. The van der Waals surface area contributed by atoms with Crippen LogP contribution < -0.4 is 0 Å². The lowest BCUT2D eigenvalue weighted by Crippen LogP contribution is -2.14. The maximum atomic E-state index is 3.36. The molecule has 0 radical (unpaired) electrons. The van der Waals surface area contributed by atoms with Crippen LogP contribution in [-0.4, -0.2) is 30.5 Å². The molecule has 0 aliphatic carbocycles. The molecule has 16 heavy (non-hydrogen) atoms. The molecule has 0 atom stereocenters. The molecule has 0 aliphatic rings. The molecule has 2 nitrogen and oxygen atoms in total. The second kappa shape index (κ2) is 4.30. The number of likely N-dealkylation sites (N-methyl/N-ethyl adjacent to an activating group) is 1. The van der Waals surface area contributed by atoms with E-state index in [-0.39, 0.29) is 0 Å². The highest BCUT2D eigenvalue weighted by atomic mass is 15.0. The number of rotatable bonds is 3. The van der Waals surface area contributed by atoms with Crippen LogP contribution in [0.15, 0.2) is 18.3 Å². The third kappa shape index (κ3) is 1.98. The Morgan fingerprint density at radius 1 is 1.19 bits per heavy atom. The smallest absolute Gasteiger partial charge is 0.0459 e. The summed E-state index contributed by atoms with van der Waals surface area (Å²) in [6, 6.07) is 4.36. The van der Waals surface area contributed by atoms with E-state index in [2.05, 4.69) is 56.2 Å². The number of aryl methyl sites for hydroxylation is 2. The highest BCUT2D eigenvalue weighted by Crippen LogP contribution is 2.25. The van der Waals surface area contributed by atoms with E-state index in [0.29, 0.717) is 0 Å². The van der Waals surface area contributed by atoms with E-state index in [0.717, 1.165) is 13.0 Å². The third-order valence-electron chi connectivity index (χ3n) is 3.29. The summed E-state index contributed by atoms with van der Waals surface area (Å²) in [6.45, 7) is 5.49. The molecule has 0 unspecified atom stereocenters. The first-order chi connectivity index (χ1) is 7.59. The average Bonchev–Trinajstić information content (AvgIpc) is 2.64. The second-order valence-corrected chi connectivity index (χ2v) is 4.80. The van der Waals surface area contributed by atoms with Crippen LogP contribution in [0.5, 0.6) is 0 Å². The molecule has 86 valence electrons. The lowest BCUT2D eigenvalue weighted by atomic mass is 10.0. The van der Waals surface area contributed by atoms with Crippen LogP contribution in [0, 0.1) is 13.8 Å². The summed E-state index contributed by atoms with van der Waals surface area (Å²) in [5.74, 6) is 0. The molecule has 0 bridgehead atoms. The third-order valence-corrected chi connectivity index (χ3v) is 3.29. The first kappa shape index (κ1) is 11.2. The number of hydrogen-bond donors (Lipinski definition) is 1. The summed E-state index contributed by atoms with van der Waals surface area (Å²) in [7, 11) is 4.24. The first-order valence-electron chi connectivity index (χ1n) is 5.80. The van der Waals surface area contributed by atoms with E-state index in [1.165, 1.54) is 27.6 Å². The molecular formula is C14H20N2. The van der Waals surface area contributed by atoms with Gasteiger partial charge in [0.15, 0.2) is 0 Å². The number of fused-ring (bicyclic) bond motifs is 1. The van der Waals surface area contributed by atoms with Crippen LogP contribution in [0.4, 0.5) is 0 Å². The highest BCUT2D eigenvalue weighted by Gasteiger charge is 2.07. The molecule has 1 heterocycles. The van der Waals surface area contributed by atoms with Crippen LogP contribution in [0.2, 0.25) is 0 Å². The van der Waals surface area contributed by atoms with Gasteiger partial charge in [-0.25, -0.2) is 0 Å². The predicted octanol–water partition coefficient (Wildman–Crippen LogP) is 2.89. The molecule has 0 aliphatic heterocycles. The Labute approximate surface area is 97.3 Å². The quantitative estimate of drug-likeness (QED) is 0.836. The minimum Gasteiger partial charge on any atom is -0.361 e. The van der Waals surface area contributed by atoms with E-state index >= 15 is 0 Å². The van der Waals surface area contributed by atoms with Crippen molar-refractivity contribution in [3.8, 4) is 0 Å². The van der Waals surface area contributed by atoms with Crippen LogP contribution >= 0.6 is 0 Å². The van der Waals surface area contributed by atoms with Gasteiger partial charge in [0.25, 0.3) is 0 Å². The van der Waals surface area contributed by atoms with Gasteiger partial charge in [-0.15, -0.1) is 0 Å². The monoisotopic (exact) mass is 216 g/mol. The van der Waals surface area contributed by atoms with E-state index in [1.807, 2.05) is 0 Å². The SMILES string of the molecule is Cc1ccc2[nH]cc(CCN(C)C)c2c1C. The lowest BCUT2D eigenvalue weighted by molar-refractivity contribution is 0.414. The highest BCUT2D eigenvalue weighted by molar-refractivity contribution is 5.87. The zero-order chi connectivity index (χ0) is 11.7. The molecule has 0 saturated carbocycles. The number of hydrogen-bond acceptors (Lipinski definition) is 1. The van der Waals surface area contributed by atoms with Crippen LogP contribution in [0.25, 0.3) is 10.9 Å². The zero-order valence-electron chi connectivity index (χ0n) is 10.6. The summed E-state index contributed by atoms with van der Waals surface area (Å²) >= 11 is 0. The maximum Gasteiger partial charge on any atom is 0.0459 e. The van der Waals surface area contributed by atoms with Crippen molar-refractivity contribution in [2.45, 2.75) is 20.3 Å². The molecule has 0 saturated heterocycles. The van der Waals surface area contributed by atoms with Gasteiger partial charge in [0.2, 0.25) is 0 Å². The van der Waals surface area contributed by atoms with Crippen molar-refractivity contribution in [3.63, 3.8) is 0 Å². The molecule has 1 N–H and O–H groups in total. The molecule has 1 aromatic heterocycles. The van der Waals surface area contributed by atoms with Crippen LogP contribution in [0.3, 0.4) is 0 Å². The number of aromatic nitrogens is 1. The van der Waals surface area contributed by atoms with Gasteiger partial charge in [0.05, 0.1) is 0 Å². The van der Waals surface area contributed by atoms with E-state index in [4.69, 9.17) is 0 Å². The number of nitrogens with one attached hydrogen (secondary N) is 1. The van der Waals surface area contributed by atoms with Crippen molar-refractivity contribution in [3.05, 3.63) is 35.0 Å². The lowest BCUT2D eigenvalue weighted by Gasteiger charge is -2.09. The largest absolute Gasteiger partial charge is 0.361 e. The standard InChI is InChI=1S/C14H20N2/c1-10-5-6-13-14(11(10)2)12(9-15-13)7-8-16(3)4/h5-6,9,15H,7-8H2,1-4H3. The molecule has 2 heteroatoms. The fraction of sp³-hybridized carbons (Fsp3) is 0.429. The van der Waals surface area contributed by atoms with Crippen molar-refractivity contribution >= 4 is 10.9 Å². The van der Waals surface area contributed by atoms with Gasteiger partial charge in [-0.3, -0.25) is 0 Å². The van der Waals surface area contributed by atoms with Gasteiger partial charge in [0.1, 0.15) is 0 Å². The van der Waals surface area contributed by atoms with Gasteiger partial charge < -0.3 is 9.88 Å². The van der Waals surface area contributed by atoms with Gasteiger partial charge in [0, 0.05) is 23.6 Å². The normalized spacial score (nSPS) is 11.6. The Hall–Kier alpha value is -1.28. The molecule has 0 spiro atoms. The molecule has 2 aromatic rings. The molecule has 2 rings (SSSR count). The summed E-state index contributed by atoms with van der Waals surface area (Å²) in [5.41, 5.74) is 5.48. The summed E-state index contributed by atoms with van der Waals surface area (Å²) in [6.07, 6.45) is 3.26. The summed E-state index contributed by atoms with van der Waals surface area (Å²) < 4.78 is 0. The van der Waals surface area contributed by atoms with E-state index < -0.39 is 0 Å². The van der Waals surface area contributed by atoms with E-state index in [1.54, 1.807) is 0 Å². The Morgan fingerprint density at radius 3 is 2.62 bits per heavy atom. The fourth-order valence-electron chi connectivity index (χ4n) is 2.13. The number of H-pyrrole nitrogens is 1. The Morgan fingerprint density at radius 2 is 1.94 bits per heavy atom. The first-order valence-corrected chi connectivity index (χ1v) is 5.80. The van der Waals surface area contributed by atoms with Gasteiger partial charge in [-0.1, -0.05) is 6.07 Å². The zero-order valence-corrected chi connectivity index (χ0v) is 10.6. The molecule has 1 aromatic carbocycles. The summed E-state index contributed by atoms with van der Waals surface area (Å²) in [4.78, 5) is 5.59. The molecular weight excluding hydrogens is 196 g/mol. The minimum atomic E-state index is 1.10. The molecule has 0 fully saturated rings. The number of aromatic amines is 1. The molecule has 0 amide bonds. The second-order valence-electron chi connectivity index (χ2n) is 4.80. The van der Waals surface area contributed by atoms with E-state index in [9.17, 15) is 0 Å². The minimum absolute atomic E-state index is 1.10. The van der Waals surface area contributed by atoms with Gasteiger partial charge in [-0.2, -0.15) is 0 Å². The van der Waals surface area contributed by atoms with Crippen molar-refractivity contribution in [2.75, 3.05) is 20.6 Å². The Balaban J connectivity index is 2.42. The number of nitrogens with zero attached hydrogens (tertiary/aromatic N) is 1. The van der Waals surface area contributed by atoms with Crippen LogP contribution in [0.1, 0.15) is 16.7 Å². The topological polar surface area (TPSA) is 19.0 Å². The summed E-state index contributed by atoms with van der Waals surface area (Å²) in [5, 5.41) is 1.42. The Bertz CT molecular complexity index is 495. The van der Waals surface area contributed by atoms with Crippen LogP contribution in [-0.2, 0) is 6.42 Å². The number of benzene rings is 1. The van der Waals surface area contributed by atoms with Crippen molar-refractivity contribution in [2.24, 2.45) is 0 Å². The van der Waals surface area contributed by atoms with Crippen molar-refractivity contribution in [1.29, 1.82) is 0 Å². The van der Waals surface area contributed by atoms with Gasteiger partial charge in [-0.05, 0) is 57.1 Å². The van der Waals surface area contributed by atoms with Gasteiger partial charge >= 0.3 is 0 Å². The Kier molecular flexibility index (Phi) is 3.01. The van der Waals surface area contributed by atoms with Crippen molar-refractivity contribution in [1.82, 2.24) is 9.88 Å². The maximum absolute atomic E-state index is 3.36. The van der Waals surface area contributed by atoms with Crippen molar-refractivity contribution < 1.29 is 0 Å². The average molecular weight is 216 g/mol.